The molecule has 6 nitrogen and oxygen atoms in total. The number of carboxylic acid groups (broad SMARTS) is 1. The molecule has 0 bridgehead atoms. The first-order chi connectivity index (χ1) is 13.6. The Labute approximate surface area is 173 Å². The zero-order valence-electron chi connectivity index (χ0n) is 17.7. The minimum atomic E-state index is -1.19. The summed E-state index contributed by atoms with van der Waals surface area (Å²) in [6.45, 7) is 11.7. The summed E-state index contributed by atoms with van der Waals surface area (Å²) in [4.78, 5) is 11.4. The van der Waals surface area contributed by atoms with Gasteiger partial charge >= 0.3 is 5.97 Å². The number of carboxylic acids is 1. The van der Waals surface area contributed by atoms with Gasteiger partial charge in [0.1, 0.15) is 17.2 Å². The van der Waals surface area contributed by atoms with Crippen LogP contribution >= 0.6 is 8.38 Å². The van der Waals surface area contributed by atoms with E-state index in [1.54, 1.807) is 6.07 Å². The molecule has 0 amide bonds. The molecule has 0 fully saturated rings. The van der Waals surface area contributed by atoms with Crippen LogP contribution in [0.2, 0.25) is 0 Å². The van der Waals surface area contributed by atoms with Crippen LogP contribution in [0, 0.1) is 0 Å². The van der Waals surface area contributed by atoms with Crippen molar-refractivity contribution in [2.75, 3.05) is 0 Å². The smallest absolute Gasteiger partial charge is 0.335 e. The molecule has 158 valence electrons. The van der Waals surface area contributed by atoms with Crippen molar-refractivity contribution in [2.24, 2.45) is 0 Å². The molecule has 0 aliphatic heterocycles. The molecule has 0 saturated heterocycles. The Morgan fingerprint density at radius 3 is 1.83 bits per heavy atom. The predicted octanol–water partition coefficient (Wildman–Crippen LogP) is 5.75. The van der Waals surface area contributed by atoms with Crippen molar-refractivity contribution in [1.82, 2.24) is 0 Å². The van der Waals surface area contributed by atoms with Gasteiger partial charge in [-0.05, 0) is 77.9 Å². The molecule has 0 spiro atoms. The Morgan fingerprint density at radius 1 is 0.793 bits per heavy atom. The SMILES string of the molecule is CC(C)Oc1cc(Oc2ccc(P(OC(C)C)OC(C)C)cc2)cc(C(=O)O)c1. The van der Waals surface area contributed by atoms with E-state index in [1.165, 1.54) is 12.1 Å². The van der Waals surface area contributed by atoms with E-state index < -0.39 is 14.3 Å². The van der Waals surface area contributed by atoms with Crippen LogP contribution in [0.5, 0.6) is 17.2 Å². The van der Waals surface area contributed by atoms with Crippen molar-refractivity contribution in [2.45, 2.75) is 59.9 Å². The second-order valence-electron chi connectivity index (χ2n) is 7.33. The molecular weight excluding hydrogens is 391 g/mol. The van der Waals surface area contributed by atoms with Crippen LogP contribution in [-0.2, 0) is 9.05 Å². The van der Waals surface area contributed by atoms with Gasteiger partial charge in [-0.1, -0.05) is 0 Å². The summed E-state index contributed by atoms with van der Waals surface area (Å²) in [6.07, 6.45) is 0.0233. The molecule has 0 aliphatic carbocycles. The molecule has 2 rings (SSSR count). The maximum Gasteiger partial charge on any atom is 0.335 e. The van der Waals surface area contributed by atoms with E-state index in [-0.39, 0.29) is 23.9 Å². The number of hydrogen-bond acceptors (Lipinski definition) is 5. The lowest BCUT2D eigenvalue weighted by Gasteiger charge is -2.22. The predicted molar refractivity (Wildman–Crippen MR) is 115 cm³/mol. The Bertz CT molecular complexity index is 791. The van der Waals surface area contributed by atoms with Gasteiger partial charge in [-0.3, -0.25) is 0 Å². The number of ether oxygens (including phenoxy) is 2. The molecule has 0 unspecified atom stereocenters. The van der Waals surface area contributed by atoms with E-state index in [0.29, 0.717) is 17.2 Å². The van der Waals surface area contributed by atoms with Crippen LogP contribution in [0.15, 0.2) is 42.5 Å². The van der Waals surface area contributed by atoms with E-state index in [9.17, 15) is 9.90 Å². The van der Waals surface area contributed by atoms with Gasteiger partial charge in [0, 0.05) is 11.4 Å². The van der Waals surface area contributed by atoms with Crippen LogP contribution in [0.3, 0.4) is 0 Å². The fraction of sp³-hybridized carbons (Fsp3) is 0.409. The molecule has 0 saturated carbocycles. The number of benzene rings is 2. The number of carbonyl (C=O) groups is 1. The Kier molecular flexibility index (Phi) is 8.45. The van der Waals surface area contributed by atoms with Crippen molar-refractivity contribution < 1.29 is 28.4 Å². The fourth-order valence-corrected chi connectivity index (χ4v) is 3.85. The van der Waals surface area contributed by atoms with Crippen LogP contribution in [0.1, 0.15) is 51.9 Å². The second kappa shape index (κ2) is 10.6. The number of aromatic carboxylic acids is 1. The van der Waals surface area contributed by atoms with E-state index >= 15 is 0 Å². The lowest BCUT2D eigenvalue weighted by molar-refractivity contribution is 0.0695. The highest BCUT2D eigenvalue weighted by Crippen LogP contribution is 2.40. The summed E-state index contributed by atoms with van der Waals surface area (Å²) in [5, 5.41) is 10.3. The molecule has 0 heterocycles. The molecule has 2 aromatic rings. The zero-order chi connectivity index (χ0) is 21.6. The first-order valence-corrected chi connectivity index (χ1v) is 10.8. The minimum Gasteiger partial charge on any atom is -0.491 e. The average Bonchev–Trinajstić information content (AvgIpc) is 2.60. The van der Waals surface area contributed by atoms with Gasteiger partial charge in [-0.15, -0.1) is 0 Å². The summed E-state index contributed by atoms with van der Waals surface area (Å²) in [6, 6.07) is 12.1. The summed E-state index contributed by atoms with van der Waals surface area (Å²) in [5.74, 6) is 0.385. The quantitative estimate of drug-likeness (QED) is 0.493. The van der Waals surface area contributed by atoms with Crippen molar-refractivity contribution in [1.29, 1.82) is 0 Å². The third-order valence-electron chi connectivity index (χ3n) is 3.40. The normalized spacial score (nSPS) is 11.5. The Morgan fingerprint density at radius 2 is 1.34 bits per heavy atom. The summed E-state index contributed by atoms with van der Waals surface area (Å²) in [7, 11) is -1.19. The second-order valence-corrected chi connectivity index (χ2v) is 8.78. The van der Waals surface area contributed by atoms with Crippen molar-refractivity contribution in [3.8, 4) is 17.2 Å². The topological polar surface area (TPSA) is 74.2 Å². The minimum absolute atomic E-state index is 0.0499. The molecular formula is C22H29O6P. The zero-order valence-corrected chi connectivity index (χ0v) is 18.6. The molecule has 1 N–H and O–H groups in total. The Balaban J connectivity index is 2.21. The lowest BCUT2D eigenvalue weighted by atomic mass is 10.2. The molecule has 0 aliphatic rings. The first kappa shape index (κ1) is 23.1. The number of hydrogen-bond donors (Lipinski definition) is 1. The molecule has 7 heteroatoms. The van der Waals surface area contributed by atoms with Crippen LogP contribution in [-0.4, -0.2) is 29.4 Å². The lowest BCUT2D eigenvalue weighted by Crippen LogP contribution is -2.12. The first-order valence-electron chi connectivity index (χ1n) is 9.60. The highest BCUT2D eigenvalue weighted by atomic mass is 31.2. The maximum atomic E-state index is 11.4. The highest BCUT2D eigenvalue weighted by molar-refractivity contribution is 7.56. The number of rotatable bonds is 10. The van der Waals surface area contributed by atoms with Gasteiger partial charge in [0.25, 0.3) is 0 Å². The summed E-state index contributed by atoms with van der Waals surface area (Å²) in [5.41, 5.74) is 0.106. The third-order valence-corrected chi connectivity index (χ3v) is 5.34. The molecule has 2 aromatic carbocycles. The summed E-state index contributed by atoms with van der Waals surface area (Å²) >= 11 is 0. The van der Waals surface area contributed by atoms with Crippen LogP contribution < -0.4 is 14.8 Å². The standard InChI is InChI=1S/C22H29O6P/c1-14(2)25-19-11-17(22(23)24)12-20(13-19)26-18-7-9-21(10-8-18)29(27-15(3)4)28-16(5)6/h7-16H,1-6H3,(H,23,24). The van der Waals surface area contributed by atoms with Gasteiger partial charge in [-0.25, -0.2) is 4.79 Å². The van der Waals surface area contributed by atoms with Gasteiger partial charge in [0.05, 0.1) is 23.9 Å². The van der Waals surface area contributed by atoms with Crippen molar-refractivity contribution >= 4 is 19.6 Å². The Hall–Kier alpha value is -2.14. The molecule has 0 aromatic heterocycles. The van der Waals surface area contributed by atoms with E-state index in [0.717, 1.165) is 5.30 Å². The monoisotopic (exact) mass is 420 g/mol. The van der Waals surface area contributed by atoms with Gasteiger partial charge in [-0.2, -0.15) is 0 Å². The fourth-order valence-electron chi connectivity index (χ4n) is 2.40. The van der Waals surface area contributed by atoms with Crippen LogP contribution in [0.4, 0.5) is 0 Å². The van der Waals surface area contributed by atoms with Crippen LogP contribution in [0.25, 0.3) is 0 Å². The maximum absolute atomic E-state index is 11.4. The summed E-state index contributed by atoms with van der Waals surface area (Å²) < 4.78 is 23.3. The van der Waals surface area contributed by atoms with Crippen molar-refractivity contribution in [3.63, 3.8) is 0 Å². The average molecular weight is 420 g/mol. The molecule has 0 atom stereocenters. The van der Waals surface area contributed by atoms with E-state index in [2.05, 4.69) is 0 Å². The van der Waals surface area contributed by atoms with E-state index in [4.69, 9.17) is 18.5 Å². The molecule has 29 heavy (non-hydrogen) atoms. The molecule has 0 radical (unpaired) electrons. The van der Waals surface area contributed by atoms with Gasteiger partial charge in [0.2, 0.25) is 8.38 Å². The third kappa shape index (κ3) is 7.65. The largest absolute Gasteiger partial charge is 0.491 e. The highest BCUT2D eigenvalue weighted by Gasteiger charge is 2.18. The van der Waals surface area contributed by atoms with Gasteiger partial charge in [0.15, 0.2) is 0 Å². The van der Waals surface area contributed by atoms with E-state index in [1.807, 2.05) is 65.8 Å². The van der Waals surface area contributed by atoms with Gasteiger partial charge < -0.3 is 23.6 Å². The van der Waals surface area contributed by atoms with Crippen molar-refractivity contribution in [3.05, 3.63) is 48.0 Å².